The predicted octanol–water partition coefficient (Wildman–Crippen LogP) is 7.58. The van der Waals surface area contributed by atoms with Gasteiger partial charge in [-0.3, -0.25) is 4.79 Å². The van der Waals surface area contributed by atoms with E-state index >= 15 is 0 Å². The number of benzene rings is 3. The van der Waals surface area contributed by atoms with Crippen LogP contribution in [0.3, 0.4) is 0 Å². The second-order valence-electron chi connectivity index (χ2n) is 10.2. The van der Waals surface area contributed by atoms with Crippen LogP contribution in [-0.4, -0.2) is 17.7 Å². The number of hydrogen-bond donors (Lipinski definition) is 1. The van der Waals surface area contributed by atoms with Gasteiger partial charge >= 0.3 is 5.97 Å². The zero-order chi connectivity index (χ0) is 28.7. The molecule has 1 aliphatic heterocycles. The van der Waals surface area contributed by atoms with Crippen LogP contribution in [0.2, 0.25) is 0 Å². The summed E-state index contributed by atoms with van der Waals surface area (Å²) in [4.78, 5) is 12.7. The highest BCUT2D eigenvalue weighted by atomic mass is 19.2. The van der Waals surface area contributed by atoms with Gasteiger partial charge in [-0.05, 0) is 55.7 Å². The van der Waals surface area contributed by atoms with E-state index in [9.17, 15) is 36.2 Å². The summed E-state index contributed by atoms with van der Waals surface area (Å²) in [7, 11) is 0. The summed E-state index contributed by atoms with van der Waals surface area (Å²) in [5.74, 6) is -10.3. The average Bonchev–Trinajstić information content (AvgIpc) is 3.80. The largest absolute Gasteiger partial charge is 0.423 e. The molecule has 2 atom stereocenters. The lowest BCUT2D eigenvalue weighted by atomic mass is 9.78. The van der Waals surface area contributed by atoms with E-state index in [2.05, 4.69) is 0 Å². The summed E-state index contributed by atoms with van der Waals surface area (Å²) >= 11 is 0. The Morgan fingerprint density at radius 2 is 1.40 bits per heavy atom. The standard InChI is InChI=1S/C30H26F6O4/c1-2-21(37)19-9-7-16(24(31)27(19)34)14-3-5-15(6-4-14)30(38)40-22-12-11-18(26(33)29(22)36)17-8-10-20(23-13-39-23)28(35)25(17)32/h7-12,14-15,21,23,37H,2-6,13H2,1H3. The number of aliphatic hydroxyl groups is 1. The molecular weight excluding hydrogens is 538 g/mol. The van der Waals surface area contributed by atoms with Crippen molar-refractivity contribution in [2.24, 2.45) is 5.92 Å². The Balaban J connectivity index is 1.26. The smallest absolute Gasteiger partial charge is 0.314 e. The van der Waals surface area contributed by atoms with Crippen molar-refractivity contribution in [1.29, 1.82) is 0 Å². The van der Waals surface area contributed by atoms with Gasteiger partial charge in [0.1, 0.15) is 6.10 Å². The molecule has 3 aromatic rings. The molecule has 2 fully saturated rings. The van der Waals surface area contributed by atoms with E-state index in [1.807, 2.05) is 0 Å². The fourth-order valence-corrected chi connectivity index (χ4v) is 5.27. The second-order valence-corrected chi connectivity index (χ2v) is 10.2. The SMILES string of the molecule is CCC(O)c1ccc(C2CCC(C(=O)Oc3ccc(-c4ccc(C5CO5)c(F)c4F)c(F)c3F)CC2)c(F)c1F. The number of ether oxygens (including phenoxy) is 2. The van der Waals surface area contributed by atoms with Crippen LogP contribution in [0, 0.1) is 40.8 Å². The Kier molecular flexibility index (Phi) is 7.92. The van der Waals surface area contributed by atoms with Gasteiger partial charge in [0.05, 0.1) is 18.6 Å². The van der Waals surface area contributed by atoms with Crippen LogP contribution in [-0.2, 0) is 9.53 Å². The molecule has 0 amide bonds. The van der Waals surface area contributed by atoms with E-state index in [4.69, 9.17) is 9.47 Å². The van der Waals surface area contributed by atoms with Crippen molar-refractivity contribution in [3.8, 4) is 16.9 Å². The summed E-state index contributed by atoms with van der Waals surface area (Å²) in [5, 5.41) is 9.87. The third kappa shape index (κ3) is 5.22. The number of carbonyl (C=O) groups is 1. The summed E-state index contributed by atoms with van der Waals surface area (Å²) in [6.45, 7) is 1.89. The molecule has 10 heteroatoms. The van der Waals surface area contributed by atoms with Gasteiger partial charge in [-0.25, -0.2) is 22.0 Å². The number of aliphatic hydroxyl groups excluding tert-OH is 1. The maximum atomic E-state index is 14.9. The molecular formula is C30H26F6O4. The number of esters is 1. The molecule has 1 aliphatic carbocycles. The highest BCUT2D eigenvalue weighted by Crippen LogP contribution is 2.40. The van der Waals surface area contributed by atoms with Crippen molar-refractivity contribution in [3.05, 3.63) is 88.0 Å². The van der Waals surface area contributed by atoms with Crippen LogP contribution < -0.4 is 4.74 Å². The number of halogens is 6. The Labute approximate surface area is 226 Å². The first-order chi connectivity index (χ1) is 19.1. The molecule has 1 heterocycles. The van der Waals surface area contributed by atoms with Crippen LogP contribution in [0.1, 0.15) is 73.8 Å². The van der Waals surface area contributed by atoms with E-state index in [0.717, 1.165) is 18.2 Å². The topological polar surface area (TPSA) is 59.1 Å². The van der Waals surface area contributed by atoms with Gasteiger partial charge in [0.25, 0.3) is 0 Å². The molecule has 4 nitrogen and oxygen atoms in total. The Morgan fingerprint density at radius 1 is 0.825 bits per heavy atom. The lowest BCUT2D eigenvalue weighted by Gasteiger charge is -2.28. The van der Waals surface area contributed by atoms with Crippen LogP contribution >= 0.6 is 0 Å². The normalized spacial score (nSPS) is 21.2. The highest BCUT2D eigenvalue weighted by Gasteiger charge is 2.33. The van der Waals surface area contributed by atoms with E-state index in [1.165, 1.54) is 18.2 Å². The third-order valence-electron chi connectivity index (χ3n) is 7.73. The molecule has 3 aromatic carbocycles. The molecule has 212 valence electrons. The zero-order valence-corrected chi connectivity index (χ0v) is 21.5. The minimum absolute atomic E-state index is 0.0115. The quantitative estimate of drug-likeness (QED) is 0.139. The van der Waals surface area contributed by atoms with Crippen molar-refractivity contribution in [2.75, 3.05) is 6.61 Å². The van der Waals surface area contributed by atoms with E-state index < -0.39 is 75.9 Å². The molecule has 1 saturated carbocycles. The minimum atomic E-state index is -1.53. The van der Waals surface area contributed by atoms with E-state index in [1.54, 1.807) is 6.92 Å². The van der Waals surface area contributed by atoms with Gasteiger partial charge in [0.2, 0.25) is 5.82 Å². The van der Waals surface area contributed by atoms with E-state index in [-0.39, 0.29) is 48.5 Å². The monoisotopic (exact) mass is 564 g/mol. The molecule has 0 bridgehead atoms. The average molecular weight is 565 g/mol. The molecule has 0 aromatic heterocycles. The van der Waals surface area contributed by atoms with Gasteiger partial charge in [0, 0.05) is 22.3 Å². The maximum absolute atomic E-state index is 14.9. The van der Waals surface area contributed by atoms with E-state index in [0.29, 0.717) is 12.8 Å². The molecule has 1 N–H and O–H groups in total. The summed E-state index contributed by atoms with van der Waals surface area (Å²) < 4.78 is 97.9. The van der Waals surface area contributed by atoms with Gasteiger partial charge in [-0.1, -0.05) is 31.2 Å². The number of hydrogen-bond acceptors (Lipinski definition) is 4. The van der Waals surface area contributed by atoms with Crippen LogP contribution in [0.5, 0.6) is 5.75 Å². The molecule has 0 spiro atoms. The molecule has 1 saturated heterocycles. The molecule has 40 heavy (non-hydrogen) atoms. The number of epoxide rings is 1. The third-order valence-corrected chi connectivity index (χ3v) is 7.73. The summed E-state index contributed by atoms with van der Waals surface area (Å²) in [6.07, 6.45) is -0.308. The second kappa shape index (κ2) is 11.2. The predicted molar refractivity (Wildman–Crippen MR) is 132 cm³/mol. The van der Waals surface area contributed by atoms with Crippen LogP contribution in [0.4, 0.5) is 26.3 Å². The van der Waals surface area contributed by atoms with Gasteiger partial charge < -0.3 is 14.6 Å². The van der Waals surface area contributed by atoms with Crippen molar-refractivity contribution in [1.82, 2.24) is 0 Å². The van der Waals surface area contributed by atoms with Gasteiger partial charge in [-0.2, -0.15) is 4.39 Å². The van der Waals surface area contributed by atoms with Gasteiger partial charge in [-0.15, -0.1) is 0 Å². The highest BCUT2D eigenvalue weighted by molar-refractivity contribution is 5.76. The molecule has 5 rings (SSSR count). The van der Waals surface area contributed by atoms with Crippen LogP contribution in [0.25, 0.3) is 11.1 Å². The fourth-order valence-electron chi connectivity index (χ4n) is 5.27. The lowest BCUT2D eigenvalue weighted by molar-refractivity contribution is -0.140. The Hall–Kier alpha value is -3.37. The zero-order valence-electron chi connectivity index (χ0n) is 21.5. The summed E-state index contributed by atoms with van der Waals surface area (Å²) in [5.41, 5.74) is -0.998. The lowest BCUT2D eigenvalue weighted by Crippen LogP contribution is -2.26. The van der Waals surface area contributed by atoms with Crippen molar-refractivity contribution in [3.63, 3.8) is 0 Å². The Bertz CT molecular complexity index is 1450. The van der Waals surface area contributed by atoms with Crippen molar-refractivity contribution < 1.29 is 45.7 Å². The van der Waals surface area contributed by atoms with Gasteiger partial charge in [0.15, 0.2) is 34.8 Å². The Morgan fingerprint density at radius 3 is 2.02 bits per heavy atom. The van der Waals surface area contributed by atoms with Crippen molar-refractivity contribution >= 4 is 5.97 Å². The first kappa shape index (κ1) is 28.2. The maximum Gasteiger partial charge on any atom is 0.314 e. The fraction of sp³-hybridized carbons (Fsp3) is 0.367. The first-order valence-electron chi connectivity index (χ1n) is 13.1. The molecule has 2 aliphatic rings. The molecule has 0 radical (unpaired) electrons. The van der Waals surface area contributed by atoms with Crippen LogP contribution in [0.15, 0.2) is 36.4 Å². The van der Waals surface area contributed by atoms with Crippen molar-refractivity contribution in [2.45, 2.75) is 57.2 Å². The first-order valence-corrected chi connectivity index (χ1v) is 13.1. The minimum Gasteiger partial charge on any atom is -0.423 e. The molecule has 2 unspecified atom stereocenters. The summed E-state index contributed by atoms with van der Waals surface area (Å²) in [6, 6.07) is 7.15. The number of carbonyl (C=O) groups excluding carboxylic acids is 1. The number of rotatable bonds is 7.